The smallest absolute Gasteiger partial charge is 0.176 e. The van der Waals surface area contributed by atoms with Crippen molar-refractivity contribution in [2.24, 2.45) is 0 Å². The molecule has 1 aromatic heterocycles. The molecule has 2 aromatic rings. The SMILES string of the molecule is C=CC(C)NC(C)c1cc2cccc(OC)c2o1. The maximum Gasteiger partial charge on any atom is 0.176 e. The van der Waals surface area contributed by atoms with E-state index in [0.717, 1.165) is 22.5 Å². The van der Waals surface area contributed by atoms with Crippen molar-refractivity contribution in [3.8, 4) is 5.75 Å². The monoisotopic (exact) mass is 245 g/mol. The molecule has 1 heterocycles. The standard InChI is InChI=1S/C15H19NO2/c1-5-10(2)16-11(3)14-9-12-7-6-8-13(17-4)15(12)18-14/h5-11,16H,1H2,2-4H3. The Morgan fingerprint density at radius 1 is 1.39 bits per heavy atom. The van der Waals surface area contributed by atoms with Gasteiger partial charge in [-0.05, 0) is 26.0 Å². The molecule has 0 saturated heterocycles. The number of hydrogen-bond donors (Lipinski definition) is 1. The maximum atomic E-state index is 5.88. The van der Waals surface area contributed by atoms with Crippen LogP contribution in [-0.4, -0.2) is 13.2 Å². The summed E-state index contributed by atoms with van der Waals surface area (Å²) in [4.78, 5) is 0. The normalized spacial score (nSPS) is 14.4. The highest BCUT2D eigenvalue weighted by atomic mass is 16.5. The minimum absolute atomic E-state index is 0.134. The second-order valence-electron chi connectivity index (χ2n) is 4.44. The van der Waals surface area contributed by atoms with Gasteiger partial charge in [-0.3, -0.25) is 0 Å². The first-order valence-electron chi connectivity index (χ1n) is 6.10. The lowest BCUT2D eigenvalue weighted by atomic mass is 10.2. The highest BCUT2D eigenvalue weighted by Gasteiger charge is 2.14. The van der Waals surface area contributed by atoms with E-state index in [-0.39, 0.29) is 12.1 Å². The van der Waals surface area contributed by atoms with Crippen LogP contribution in [0.25, 0.3) is 11.0 Å². The van der Waals surface area contributed by atoms with Gasteiger partial charge in [0.25, 0.3) is 0 Å². The second-order valence-corrected chi connectivity index (χ2v) is 4.44. The molecule has 1 N–H and O–H groups in total. The van der Waals surface area contributed by atoms with Crippen molar-refractivity contribution in [3.63, 3.8) is 0 Å². The number of rotatable bonds is 5. The third-order valence-corrected chi connectivity index (χ3v) is 3.04. The molecular formula is C15H19NO2. The Morgan fingerprint density at radius 2 is 2.17 bits per heavy atom. The van der Waals surface area contributed by atoms with Gasteiger partial charge in [-0.15, -0.1) is 6.58 Å². The molecule has 0 radical (unpaired) electrons. The first-order chi connectivity index (χ1) is 8.65. The third-order valence-electron chi connectivity index (χ3n) is 3.04. The van der Waals surface area contributed by atoms with E-state index >= 15 is 0 Å². The molecule has 96 valence electrons. The van der Waals surface area contributed by atoms with Crippen LogP contribution in [0.15, 0.2) is 41.3 Å². The van der Waals surface area contributed by atoms with Crippen molar-refractivity contribution in [1.29, 1.82) is 0 Å². The van der Waals surface area contributed by atoms with E-state index in [0.29, 0.717) is 0 Å². The number of para-hydroxylation sites is 1. The minimum atomic E-state index is 0.134. The fourth-order valence-electron chi connectivity index (χ4n) is 1.97. The molecule has 2 atom stereocenters. The zero-order chi connectivity index (χ0) is 13.1. The molecule has 18 heavy (non-hydrogen) atoms. The summed E-state index contributed by atoms with van der Waals surface area (Å²) in [6.07, 6.45) is 1.87. The molecule has 0 aliphatic carbocycles. The zero-order valence-corrected chi connectivity index (χ0v) is 11.1. The van der Waals surface area contributed by atoms with Gasteiger partial charge in [-0.1, -0.05) is 18.2 Å². The average Bonchev–Trinajstić information content (AvgIpc) is 2.82. The first-order valence-corrected chi connectivity index (χ1v) is 6.10. The molecule has 0 amide bonds. The average molecular weight is 245 g/mol. The second kappa shape index (κ2) is 5.27. The van der Waals surface area contributed by atoms with E-state index < -0.39 is 0 Å². The van der Waals surface area contributed by atoms with Gasteiger partial charge in [0.2, 0.25) is 0 Å². The van der Waals surface area contributed by atoms with Gasteiger partial charge in [-0.2, -0.15) is 0 Å². The number of fused-ring (bicyclic) bond motifs is 1. The van der Waals surface area contributed by atoms with Crippen molar-refractivity contribution >= 4 is 11.0 Å². The minimum Gasteiger partial charge on any atom is -0.493 e. The van der Waals surface area contributed by atoms with Gasteiger partial charge in [-0.25, -0.2) is 0 Å². The summed E-state index contributed by atoms with van der Waals surface area (Å²) in [5.74, 6) is 1.67. The van der Waals surface area contributed by atoms with Crippen LogP contribution in [0.5, 0.6) is 5.75 Å². The Hall–Kier alpha value is -1.74. The zero-order valence-electron chi connectivity index (χ0n) is 11.1. The number of hydrogen-bond acceptors (Lipinski definition) is 3. The van der Waals surface area contributed by atoms with E-state index in [2.05, 4.69) is 25.7 Å². The summed E-state index contributed by atoms with van der Waals surface area (Å²) < 4.78 is 11.2. The summed E-state index contributed by atoms with van der Waals surface area (Å²) in [6.45, 7) is 7.90. The molecular weight excluding hydrogens is 226 g/mol. The molecule has 0 spiro atoms. The van der Waals surface area contributed by atoms with E-state index in [1.807, 2.05) is 30.3 Å². The topological polar surface area (TPSA) is 34.4 Å². The molecule has 0 aliphatic rings. The molecule has 0 aliphatic heterocycles. The van der Waals surface area contributed by atoms with Gasteiger partial charge < -0.3 is 14.5 Å². The van der Waals surface area contributed by atoms with E-state index in [9.17, 15) is 0 Å². The lowest BCUT2D eigenvalue weighted by Crippen LogP contribution is -2.26. The fraction of sp³-hybridized carbons (Fsp3) is 0.333. The van der Waals surface area contributed by atoms with Crippen LogP contribution in [0.2, 0.25) is 0 Å². The predicted octanol–water partition coefficient (Wildman–Crippen LogP) is 3.67. The van der Waals surface area contributed by atoms with Crippen LogP contribution in [0.3, 0.4) is 0 Å². The van der Waals surface area contributed by atoms with Crippen molar-refractivity contribution < 1.29 is 9.15 Å². The molecule has 3 heteroatoms. The fourth-order valence-corrected chi connectivity index (χ4v) is 1.97. The van der Waals surface area contributed by atoms with Crippen LogP contribution in [-0.2, 0) is 0 Å². The Morgan fingerprint density at radius 3 is 2.83 bits per heavy atom. The number of furan rings is 1. The van der Waals surface area contributed by atoms with Crippen LogP contribution in [0, 0.1) is 0 Å². The van der Waals surface area contributed by atoms with Crippen LogP contribution in [0.4, 0.5) is 0 Å². The lowest BCUT2D eigenvalue weighted by Gasteiger charge is -2.14. The Balaban J connectivity index is 2.32. The Bertz CT molecular complexity index is 544. The van der Waals surface area contributed by atoms with Crippen molar-refractivity contribution in [3.05, 3.63) is 42.7 Å². The van der Waals surface area contributed by atoms with Gasteiger partial charge in [0.15, 0.2) is 11.3 Å². The Kier molecular flexibility index (Phi) is 3.72. The van der Waals surface area contributed by atoms with E-state index in [1.54, 1.807) is 7.11 Å². The van der Waals surface area contributed by atoms with E-state index in [4.69, 9.17) is 9.15 Å². The largest absolute Gasteiger partial charge is 0.493 e. The highest BCUT2D eigenvalue weighted by molar-refractivity contribution is 5.83. The van der Waals surface area contributed by atoms with Crippen LogP contribution in [0.1, 0.15) is 25.6 Å². The molecule has 0 saturated carbocycles. The number of benzene rings is 1. The predicted molar refractivity (Wildman–Crippen MR) is 74.0 cm³/mol. The van der Waals surface area contributed by atoms with E-state index in [1.165, 1.54) is 0 Å². The summed E-state index contributed by atoms with van der Waals surface area (Å²) in [5.41, 5.74) is 0.801. The summed E-state index contributed by atoms with van der Waals surface area (Å²) in [7, 11) is 1.65. The molecule has 2 unspecified atom stereocenters. The quantitative estimate of drug-likeness (QED) is 0.816. The summed E-state index contributed by atoms with van der Waals surface area (Å²) in [6, 6.07) is 8.32. The van der Waals surface area contributed by atoms with Crippen molar-refractivity contribution in [2.75, 3.05) is 7.11 Å². The summed E-state index contributed by atoms with van der Waals surface area (Å²) in [5, 5.41) is 4.45. The first kappa shape index (κ1) is 12.7. The highest BCUT2D eigenvalue weighted by Crippen LogP contribution is 2.30. The third kappa shape index (κ3) is 2.41. The van der Waals surface area contributed by atoms with Gasteiger partial charge in [0.1, 0.15) is 5.76 Å². The van der Waals surface area contributed by atoms with Gasteiger partial charge >= 0.3 is 0 Å². The molecule has 0 bridgehead atoms. The van der Waals surface area contributed by atoms with Gasteiger partial charge in [0, 0.05) is 11.4 Å². The molecule has 2 rings (SSSR count). The maximum absolute atomic E-state index is 5.88. The molecule has 1 aromatic carbocycles. The lowest BCUT2D eigenvalue weighted by molar-refractivity contribution is 0.397. The molecule has 0 fully saturated rings. The van der Waals surface area contributed by atoms with Crippen molar-refractivity contribution in [2.45, 2.75) is 25.9 Å². The Labute approximate surface area is 107 Å². The number of nitrogens with one attached hydrogen (secondary N) is 1. The van der Waals surface area contributed by atoms with Crippen molar-refractivity contribution in [1.82, 2.24) is 5.32 Å². The molecule has 3 nitrogen and oxygen atoms in total. The van der Waals surface area contributed by atoms with Gasteiger partial charge in [0.05, 0.1) is 13.2 Å². The van der Waals surface area contributed by atoms with Crippen LogP contribution >= 0.6 is 0 Å². The van der Waals surface area contributed by atoms with Crippen LogP contribution < -0.4 is 10.1 Å². The number of methoxy groups -OCH3 is 1. The number of ether oxygens (including phenoxy) is 1. The summed E-state index contributed by atoms with van der Waals surface area (Å²) >= 11 is 0.